The van der Waals surface area contributed by atoms with Crippen LogP contribution in [0.1, 0.15) is 5.56 Å². The van der Waals surface area contributed by atoms with Crippen molar-refractivity contribution in [3.63, 3.8) is 0 Å². The molecule has 0 saturated heterocycles. The Labute approximate surface area is 340 Å². The minimum atomic E-state index is -3.21. The third kappa shape index (κ3) is 10.6. The van der Waals surface area contributed by atoms with Crippen molar-refractivity contribution >= 4 is 117 Å². The van der Waals surface area contributed by atoms with Crippen LogP contribution in [0.3, 0.4) is 0 Å². The maximum absolute atomic E-state index is 11.3. The zero-order chi connectivity index (χ0) is 39.0. The fourth-order valence-electron chi connectivity index (χ4n) is 4.99. The van der Waals surface area contributed by atoms with E-state index < -0.39 is 20.6 Å². The molecule has 1 unspecified atom stereocenters. The second kappa shape index (κ2) is 18.6. The van der Waals surface area contributed by atoms with Crippen molar-refractivity contribution in [3.8, 4) is 0 Å². The van der Waals surface area contributed by atoms with Crippen molar-refractivity contribution in [3.05, 3.63) is 153 Å². The molecule has 8 rings (SSSR count). The molecule has 14 heteroatoms. The maximum Gasteiger partial charge on any atom is 0.273 e. The first-order chi connectivity index (χ1) is 25.7. The van der Waals surface area contributed by atoms with Gasteiger partial charge < -0.3 is 0 Å². The van der Waals surface area contributed by atoms with Crippen molar-refractivity contribution in [2.24, 2.45) is 4.99 Å². The number of hydrogen-bond acceptors (Lipinski definition) is 8. The van der Waals surface area contributed by atoms with Gasteiger partial charge >= 0.3 is 0 Å². The first-order valence-corrected chi connectivity index (χ1v) is 22.1. The Morgan fingerprint density at radius 1 is 0.685 bits per heavy atom. The zero-order valence-corrected chi connectivity index (χ0v) is 34.7. The Balaban J connectivity index is 0.000000139. The second-order valence-corrected chi connectivity index (χ2v) is 17.5. The van der Waals surface area contributed by atoms with Crippen LogP contribution < -0.4 is 10.6 Å². The molecule has 0 saturated carbocycles. The second-order valence-electron chi connectivity index (χ2n) is 11.6. The highest BCUT2D eigenvalue weighted by atomic mass is 35.5. The number of thioether (sulfide) groups is 1. The lowest BCUT2D eigenvalue weighted by Gasteiger charge is -2.01. The van der Waals surface area contributed by atoms with Gasteiger partial charge in [-0.2, -0.15) is 0 Å². The highest BCUT2D eigenvalue weighted by molar-refractivity contribution is 7.98. The van der Waals surface area contributed by atoms with Crippen molar-refractivity contribution in [1.82, 2.24) is 15.0 Å². The molecule has 7 aromatic rings. The van der Waals surface area contributed by atoms with Crippen molar-refractivity contribution in [2.75, 3.05) is 18.8 Å². The Bertz CT molecular complexity index is 2800. The number of hydrogen-bond donors (Lipinski definition) is 0. The minimum Gasteiger partial charge on any atom is -0.256 e. The standard InChI is InChI=1S/C10H7ClNO2S.C10H8ClNOS.C10H8ClNS.C10H8ClN/c1-15(13,14)7-2-3-10-8(6-7)9(11)4-5-12-10;1-14(13)7-2-3-10-8(6-7)9(11)4-5-12-10;1-13-7-2-3-10-8(6-7)9(11)4-5-12-10;1-7-2-3-10-8(6-7)9(11)4-5-12-10/h2-3,5-6H,1H3;2-6H,1H3;2-6H,1H3;2-6H,1H3/q+1;;;. The Morgan fingerprint density at radius 3 is 1.78 bits per heavy atom. The molecule has 1 aliphatic rings. The summed E-state index contributed by atoms with van der Waals surface area (Å²) < 4.78 is 33.9. The molecule has 1 atom stereocenters. The van der Waals surface area contributed by atoms with Gasteiger partial charge in [0.05, 0.1) is 42.6 Å². The molecule has 54 heavy (non-hydrogen) atoms. The summed E-state index contributed by atoms with van der Waals surface area (Å²) in [6.07, 6.45) is 14.1. The van der Waals surface area contributed by atoms with Crippen LogP contribution >= 0.6 is 58.2 Å². The van der Waals surface area contributed by atoms with Gasteiger partial charge in [0.15, 0.2) is 26.6 Å². The van der Waals surface area contributed by atoms with E-state index >= 15 is 0 Å². The number of nitrogens with zero attached hydrogens (tertiary/aromatic N) is 4. The molecule has 0 radical (unpaired) electrons. The third-order valence-electron chi connectivity index (χ3n) is 7.76. The normalized spacial score (nSPS) is 12.2. The number of aryl methyl sites for hydroxylation is 1. The van der Waals surface area contributed by atoms with Crippen LogP contribution in [-0.4, -0.2) is 46.3 Å². The summed E-state index contributed by atoms with van der Waals surface area (Å²) in [5.41, 5.74) is 3.93. The molecule has 274 valence electrons. The fourth-order valence-corrected chi connectivity index (χ4v) is 7.44. The molecule has 7 nitrogen and oxygen atoms in total. The molecule has 3 aromatic heterocycles. The molecular formula is C40H31Cl4N4O3S3+. The number of aromatic nitrogens is 3. The first-order valence-electron chi connectivity index (χ1n) is 15.9. The summed E-state index contributed by atoms with van der Waals surface area (Å²) >= 11 is 25.6. The molecule has 4 aromatic carbocycles. The number of benzene rings is 4. The summed E-state index contributed by atoms with van der Waals surface area (Å²) in [7, 11) is -4.19. The van der Waals surface area contributed by atoms with Crippen molar-refractivity contribution in [2.45, 2.75) is 21.6 Å². The van der Waals surface area contributed by atoms with E-state index in [0.717, 1.165) is 53.9 Å². The highest BCUT2D eigenvalue weighted by Crippen LogP contribution is 2.26. The predicted octanol–water partition coefficient (Wildman–Crippen LogP) is 9.82. The van der Waals surface area contributed by atoms with Crippen molar-refractivity contribution < 1.29 is 12.6 Å². The molecule has 0 aliphatic carbocycles. The number of fused-ring (bicyclic) bond motifs is 4. The molecule has 0 N–H and O–H groups in total. The van der Waals surface area contributed by atoms with E-state index in [1.165, 1.54) is 28.8 Å². The Kier molecular flexibility index (Phi) is 14.2. The van der Waals surface area contributed by atoms with Gasteiger partial charge in [-0.05, 0) is 104 Å². The van der Waals surface area contributed by atoms with Gasteiger partial charge in [-0.15, -0.1) is 11.8 Å². The predicted molar refractivity (Wildman–Crippen MR) is 227 cm³/mol. The van der Waals surface area contributed by atoms with E-state index in [-0.39, 0.29) is 4.90 Å². The average molecular weight is 854 g/mol. The lowest BCUT2D eigenvalue weighted by atomic mass is 10.1. The molecule has 4 heterocycles. The largest absolute Gasteiger partial charge is 0.273 e. The lowest BCUT2D eigenvalue weighted by molar-refractivity contribution is 0.601. The van der Waals surface area contributed by atoms with Crippen LogP contribution in [-0.2, 0) is 20.6 Å². The van der Waals surface area contributed by atoms with E-state index in [1.54, 1.807) is 48.7 Å². The average Bonchev–Trinajstić information content (AvgIpc) is 3.16. The van der Waals surface area contributed by atoms with E-state index in [0.29, 0.717) is 20.6 Å². The van der Waals surface area contributed by atoms with Crippen LogP contribution in [0.25, 0.3) is 37.7 Å². The van der Waals surface area contributed by atoms with E-state index in [1.807, 2.05) is 67.8 Å². The molecular weight excluding hydrogens is 822 g/mol. The Morgan fingerprint density at radius 2 is 1.22 bits per heavy atom. The highest BCUT2D eigenvalue weighted by Gasteiger charge is 2.15. The van der Waals surface area contributed by atoms with Gasteiger partial charge in [-0.1, -0.05) is 46.4 Å². The topological polar surface area (TPSA) is 102 Å². The summed E-state index contributed by atoms with van der Waals surface area (Å²) in [6.45, 7) is 2.04. The van der Waals surface area contributed by atoms with Crippen molar-refractivity contribution in [1.29, 1.82) is 0 Å². The number of pyridine rings is 3. The fraction of sp³-hybridized carbons (Fsp3) is 0.100. The molecule has 0 fully saturated rings. The quantitative estimate of drug-likeness (QED) is 0.129. The van der Waals surface area contributed by atoms with Crippen LogP contribution in [0.4, 0.5) is 0 Å². The molecule has 0 spiro atoms. The number of rotatable bonds is 3. The van der Waals surface area contributed by atoms with Gasteiger partial charge in [-0.25, -0.2) is 13.4 Å². The molecule has 0 bridgehead atoms. The lowest BCUT2D eigenvalue weighted by Crippen LogP contribution is -2.28. The zero-order valence-electron chi connectivity index (χ0n) is 29.2. The van der Waals surface area contributed by atoms with E-state index in [9.17, 15) is 12.6 Å². The summed E-state index contributed by atoms with van der Waals surface area (Å²) in [5, 5.41) is 6.71. The van der Waals surface area contributed by atoms with Gasteiger partial charge in [0.1, 0.15) is 6.08 Å². The monoisotopic (exact) mass is 851 g/mol. The summed E-state index contributed by atoms with van der Waals surface area (Å²) in [6, 6.07) is 27.6. The summed E-state index contributed by atoms with van der Waals surface area (Å²) in [5.74, 6) is 0. The van der Waals surface area contributed by atoms with Crippen LogP contribution in [0, 0.1) is 13.0 Å². The van der Waals surface area contributed by atoms with Gasteiger partial charge in [-0.3, -0.25) is 19.2 Å². The van der Waals surface area contributed by atoms with Gasteiger partial charge in [0.2, 0.25) is 0 Å². The van der Waals surface area contributed by atoms with Crippen LogP contribution in [0.5, 0.6) is 0 Å². The SMILES string of the molecule is CS(=O)(=O)c1ccc2c(c1)=C(Cl)[C+]=CN=2.CS(=O)c1ccc2nccc(Cl)c2c1.CSc1ccc2nccc(Cl)c2c1.Cc1ccc2nccc(Cl)c2c1. The number of halogens is 4. The van der Waals surface area contributed by atoms with E-state index in [2.05, 4.69) is 38.2 Å². The Hall–Kier alpha value is -3.96. The van der Waals surface area contributed by atoms with Crippen LogP contribution in [0.2, 0.25) is 15.1 Å². The minimum absolute atomic E-state index is 0.235. The molecule has 1 aliphatic heterocycles. The van der Waals surface area contributed by atoms with Crippen LogP contribution in [0.15, 0.2) is 135 Å². The first kappa shape index (κ1) is 41.2. The number of sulfone groups is 1. The van der Waals surface area contributed by atoms with Gasteiger partial charge in [0.25, 0.3) is 5.03 Å². The molecule has 0 amide bonds. The smallest absolute Gasteiger partial charge is 0.256 e. The summed E-state index contributed by atoms with van der Waals surface area (Å²) in [4.78, 5) is 18.8. The van der Waals surface area contributed by atoms with Gasteiger partial charge in [0, 0.05) is 67.9 Å². The third-order valence-corrected chi connectivity index (χ3v) is 11.8. The maximum atomic E-state index is 11.3. The van der Waals surface area contributed by atoms with E-state index in [4.69, 9.17) is 46.4 Å². The number of allylic oxidation sites excluding steroid dienone is 1.